The van der Waals surface area contributed by atoms with Gasteiger partial charge in [-0.1, -0.05) is 12.5 Å². The number of rotatable bonds is 5. The number of hydrogen-bond acceptors (Lipinski definition) is 4. The summed E-state index contributed by atoms with van der Waals surface area (Å²) in [5, 5.41) is 7.41. The topological polar surface area (TPSA) is 50.6 Å². The van der Waals surface area contributed by atoms with E-state index in [9.17, 15) is 0 Å². The van der Waals surface area contributed by atoms with Crippen molar-refractivity contribution in [2.75, 3.05) is 26.3 Å². The van der Waals surface area contributed by atoms with Crippen LogP contribution in [0, 0.1) is 5.92 Å². The van der Waals surface area contributed by atoms with E-state index in [1.807, 2.05) is 12.1 Å². The standard InChI is InChI=1S/C18H26N4O/c1-2-10-22-12-14(21-18(22)6-1)7-8-19-16-5-3-4-15(16)17-13-23-11-9-20-17/h1-2,6,10,12,15-17,19-20H,3-5,7-9,11,13H2. The number of nitrogens with zero attached hydrogens (tertiary/aromatic N) is 2. The third-order valence-corrected chi connectivity index (χ3v) is 5.24. The molecular weight excluding hydrogens is 288 g/mol. The monoisotopic (exact) mass is 314 g/mol. The fourth-order valence-corrected chi connectivity index (χ4v) is 4.08. The maximum Gasteiger partial charge on any atom is 0.136 e. The summed E-state index contributed by atoms with van der Waals surface area (Å²) >= 11 is 0. The highest BCUT2D eigenvalue weighted by Crippen LogP contribution is 2.29. The quantitative estimate of drug-likeness (QED) is 0.881. The Morgan fingerprint density at radius 1 is 1.35 bits per heavy atom. The number of morpholine rings is 1. The number of nitrogens with one attached hydrogen (secondary N) is 2. The van der Waals surface area contributed by atoms with Gasteiger partial charge in [0.1, 0.15) is 5.65 Å². The van der Waals surface area contributed by atoms with Crippen molar-refractivity contribution in [3.63, 3.8) is 0 Å². The molecule has 1 saturated heterocycles. The summed E-state index contributed by atoms with van der Waals surface area (Å²) in [5.74, 6) is 0.705. The lowest BCUT2D eigenvalue weighted by molar-refractivity contribution is 0.0526. The van der Waals surface area contributed by atoms with Gasteiger partial charge in [-0.2, -0.15) is 0 Å². The van der Waals surface area contributed by atoms with E-state index in [1.165, 1.54) is 19.3 Å². The van der Waals surface area contributed by atoms with Crippen LogP contribution in [0.5, 0.6) is 0 Å². The van der Waals surface area contributed by atoms with Gasteiger partial charge in [0.25, 0.3) is 0 Å². The Bertz CT molecular complexity index is 602. The first-order valence-corrected chi connectivity index (χ1v) is 8.87. The molecule has 1 aliphatic heterocycles. The normalized spacial score (nSPS) is 28.4. The molecule has 1 aliphatic carbocycles. The Kier molecular flexibility index (Phi) is 4.60. The van der Waals surface area contributed by atoms with Gasteiger partial charge in [0, 0.05) is 44.0 Å². The van der Waals surface area contributed by atoms with E-state index < -0.39 is 0 Å². The van der Waals surface area contributed by atoms with Crippen molar-refractivity contribution in [3.05, 3.63) is 36.3 Å². The molecule has 0 spiro atoms. The summed E-state index contributed by atoms with van der Waals surface area (Å²) in [4.78, 5) is 4.68. The Morgan fingerprint density at radius 3 is 3.22 bits per heavy atom. The van der Waals surface area contributed by atoms with Crippen LogP contribution < -0.4 is 10.6 Å². The Morgan fingerprint density at radius 2 is 2.35 bits per heavy atom. The van der Waals surface area contributed by atoms with Crippen LogP contribution in [0.15, 0.2) is 30.6 Å². The molecule has 0 radical (unpaired) electrons. The summed E-state index contributed by atoms with van der Waals surface area (Å²) < 4.78 is 7.74. The average molecular weight is 314 g/mol. The van der Waals surface area contributed by atoms with Crippen LogP contribution in [0.3, 0.4) is 0 Å². The Hall–Kier alpha value is -1.43. The van der Waals surface area contributed by atoms with Crippen LogP contribution in [0.4, 0.5) is 0 Å². The van der Waals surface area contributed by atoms with Gasteiger partial charge in [0.05, 0.1) is 18.9 Å². The third kappa shape index (κ3) is 3.42. The summed E-state index contributed by atoms with van der Waals surface area (Å²) in [6.45, 7) is 3.72. The largest absolute Gasteiger partial charge is 0.379 e. The average Bonchev–Trinajstić information content (AvgIpc) is 3.22. The number of pyridine rings is 1. The molecular formula is C18H26N4O. The van der Waals surface area contributed by atoms with Gasteiger partial charge in [0.15, 0.2) is 0 Å². The molecule has 5 heteroatoms. The number of ether oxygens (including phenoxy) is 1. The van der Waals surface area contributed by atoms with Gasteiger partial charge in [-0.05, 0) is 30.9 Å². The Balaban J connectivity index is 1.31. The molecule has 2 fully saturated rings. The predicted octanol–water partition coefficient (Wildman–Crippen LogP) is 1.62. The summed E-state index contributed by atoms with van der Waals surface area (Å²) in [5.41, 5.74) is 2.20. The highest BCUT2D eigenvalue weighted by molar-refractivity contribution is 5.39. The molecule has 124 valence electrons. The SMILES string of the molecule is c1ccn2cc(CCNC3CCCC3C3COCCN3)nc2c1. The predicted molar refractivity (Wildman–Crippen MR) is 90.6 cm³/mol. The molecule has 23 heavy (non-hydrogen) atoms. The second-order valence-electron chi connectivity index (χ2n) is 6.74. The summed E-state index contributed by atoms with van der Waals surface area (Å²) in [7, 11) is 0. The van der Waals surface area contributed by atoms with Crippen molar-refractivity contribution in [3.8, 4) is 0 Å². The second-order valence-corrected chi connectivity index (χ2v) is 6.74. The number of aromatic nitrogens is 2. The van der Waals surface area contributed by atoms with Crippen LogP contribution in [0.1, 0.15) is 25.0 Å². The van der Waals surface area contributed by atoms with E-state index in [4.69, 9.17) is 4.74 Å². The van der Waals surface area contributed by atoms with E-state index >= 15 is 0 Å². The molecule has 0 aromatic carbocycles. The number of hydrogen-bond donors (Lipinski definition) is 2. The fraction of sp³-hybridized carbons (Fsp3) is 0.611. The van der Waals surface area contributed by atoms with Crippen molar-refractivity contribution >= 4 is 5.65 Å². The summed E-state index contributed by atoms with van der Waals surface area (Å²) in [6, 6.07) is 7.27. The molecule has 2 aromatic heterocycles. The number of fused-ring (bicyclic) bond motifs is 1. The van der Waals surface area contributed by atoms with E-state index in [-0.39, 0.29) is 0 Å². The summed E-state index contributed by atoms with van der Waals surface area (Å²) in [6.07, 6.45) is 9.11. The van der Waals surface area contributed by atoms with Crippen LogP contribution >= 0.6 is 0 Å². The molecule has 1 saturated carbocycles. The van der Waals surface area contributed by atoms with Crippen LogP contribution in [0.2, 0.25) is 0 Å². The molecule has 2 aliphatic rings. The fourth-order valence-electron chi connectivity index (χ4n) is 4.08. The minimum absolute atomic E-state index is 0.527. The van der Waals surface area contributed by atoms with Crippen LogP contribution in [-0.2, 0) is 11.2 Å². The van der Waals surface area contributed by atoms with Crippen molar-refractivity contribution in [1.82, 2.24) is 20.0 Å². The van der Waals surface area contributed by atoms with Gasteiger partial charge in [-0.3, -0.25) is 0 Å². The smallest absolute Gasteiger partial charge is 0.136 e. The molecule has 5 nitrogen and oxygen atoms in total. The lowest BCUT2D eigenvalue weighted by Gasteiger charge is -2.33. The molecule has 3 atom stereocenters. The zero-order valence-electron chi connectivity index (χ0n) is 13.6. The zero-order chi connectivity index (χ0) is 15.5. The second kappa shape index (κ2) is 6.99. The highest BCUT2D eigenvalue weighted by atomic mass is 16.5. The molecule has 2 N–H and O–H groups in total. The lowest BCUT2D eigenvalue weighted by atomic mass is 9.94. The maximum atomic E-state index is 5.65. The molecule has 3 unspecified atom stereocenters. The van der Waals surface area contributed by atoms with Gasteiger partial charge < -0.3 is 19.8 Å². The van der Waals surface area contributed by atoms with Gasteiger partial charge in [0.2, 0.25) is 0 Å². The lowest BCUT2D eigenvalue weighted by Crippen LogP contribution is -2.51. The zero-order valence-corrected chi connectivity index (χ0v) is 13.6. The maximum absolute atomic E-state index is 5.65. The van der Waals surface area contributed by atoms with Crippen molar-refractivity contribution < 1.29 is 4.74 Å². The minimum atomic E-state index is 0.527. The van der Waals surface area contributed by atoms with E-state index in [0.717, 1.165) is 44.1 Å². The van der Waals surface area contributed by atoms with Crippen molar-refractivity contribution in [2.45, 2.75) is 37.8 Å². The van der Waals surface area contributed by atoms with Crippen molar-refractivity contribution in [1.29, 1.82) is 0 Å². The highest BCUT2D eigenvalue weighted by Gasteiger charge is 2.34. The van der Waals surface area contributed by atoms with Gasteiger partial charge in [-0.25, -0.2) is 4.98 Å². The van der Waals surface area contributed by atoms with Crippen LogP contribution in [0.25, 0.3) is 5.65 Å². The number of imidazole rings is 1. The first kappa shape index (κ1) is 15.1. The van der Waals surface area contributed by atoms with Crippen molar-refractivity contribution in [2.24, 2.45) is 5.92 Å². The molecule has 2 aromatic rings. The Labute approximate surface area is 137 Å². The molecule has 0 bridgehead atoms. The van der Waals surface area contributed by atoms with E-state index in [0.29, 0.717) is 18.0 Å². The van der Waals surface area contributed by atoms with Gasteiger partial charge >= 0.3 is 0 Å². The molecule has 3 heterocycles. The van der Waals surface area contributed by atoms with Crippen LogP contribution in [-0.4, -0.2) is 47.8 Å². The minimum Gasteiger partial charge on any atom is -0.379 e. The van der Waals surface area contributed by atoms with E-state index in [1.54, 1.807) is 0 Å². The van der Waals surface area contributed by atoms with E-state index in [2.05, 4.69) is 38.5 Å². The third-order valence-electron chi connectivity index (χ3n) is 5.24. The first-order chi connectivity index (χ1) is 11.4. The first-order valence-electron chi connectivity index (χ1n) is 8.87. The molecule has 4 rings (SSSR count). The van der Waals surface area contributed by atoms with Gasteiger partial charge in [-0.15, -0.1) is 0 Å². The molecule has 0 amide bonds.